The van der Waals surface area contributed by atoms with Crippen LogP contribution in [0.3, 0.4) is 0 Å². The Morgan fingerprint density at radius 2 is 0.690 bits per heavy atom. The molecular weight excluding hydrogens is 520 g/mol. The highest BCUT2D eigenvalue weighted by Crippen LogP contribution is 2.31. The van der Waals surface area contributed by atoms with Gasteiger partial charge in [0, 0.05) is 89.2 Å². The van der Waals surface area contributed by atoms with Gasteiger partial charge in [0.1, 0.15) is 0 Å². The van der Waals surface area contributed by atoms with Gasteiger partial charge in [-0.15, -0.1) is 0 Å². The van der Waals surface area contributed by atoms with Crippen molar-refractivity contribution in [3.05, 3.63) is 135 Å². The second-order valence-corrected chi connectivity index (χ2v) is 9.49. The molecule has 0 atom stereocenters. The Labute approximate surface area is 242 Å². The van der Waals surface area contributed by atoms with Gasteiger partial charge in [0.2, 0.25) is 0 Å². The molecule has 7 heterocycles. The first-order chi connectivity index (χ1) is 20.8. The largest absolute Gasteiger partial charge is 0.263 e. The summed E-state index contributed by atoms with van der Waals surface area (Å²) < 4.78 is 0. The van der Waals surface area contributed by atoms with Crippen LogP contribution in [0.1, 0.15) is 0 Å². The van der Waals surface area contributed by atoms with E-state index < -0.39 is 0 Å². The number of nitrogens with zero attached hydrogens (tertiary/aromatic N) is 8. The zero-order valence-corrected chi connectivity index (χ0v) is 22.3. The molecule has 42 heavy (non-hydrogen) atoms. The summed E-state index contributed by atoms with van der Waals surface area (Å²) in [7, 11) is 0. The highest BCUT2D eigenvalue weighted by atomic mass is 14.9. The zero-order valence-electron chi connectivity index (χ0n) is 22.3. The SMILES string of the molecule is c1ccc(-c2cncc(-c3cc(-c4cncc(-c5ccccn5)c4)nc(-c4cncc(-c5ccccn5)c4)n3)c2)nc1. The molecule has 0 aliphatic carbocycles. The standard InChI is InChI=1S/C34H22N8/c1-4-10-38-29(7-1)23-13-26(20-35-17-23)32-16-33(27-14-24(18-36-21-27)30-8-2-5-11-39-30)42-34(41-32)28-15-25(19-37-22-28)31-9-3-6-12-40-31/h1-22H. The molecule has 8 nitrogen and oxygen atoms in total. The van der Waals surface area contributed by atoms with Crippen LogP contribution in [0.4, 0.5) is 0 Å². The van der Waals surface area contributed by atoms with Crippen molar-refractivity contribution in [1.29, 1.82) is 0 Å². The van der Waals surface area contributed by atoms with E-state index in [1.54, 1.807) is 55.8 Å². The number of hydrogen-bond acceptors (Lipinski definition) is 8. The molecule has 0 aromatic carbocycles. The highest BCUT2D eigenvalue weighted by Gasteiger charge is 2.14. The molecule has 0 aliphatic heterocycles. The lowest BCUT2D eigenvalue weighted by atomic mass is 10.0. The summed E-state index contributed by atoms with van der Waals surface area (Å²) in [5.41, 5.74) is 9.03. The van der Waals surface area contributed by atoms with E-state index in [9.17, 15) is 0 Å². The Morgan fingerprint density at radius 3 is 1.07 bits per heavy atom. The summed E-state index contributed by atoms with van der Waals surface area (Å²) in [4.78, 5) is 36.9. The van der Waals surface area contributed by atoms with E-state index in [4.69, 9.17) is 9.97 Å². The smallest absolute Gasteiger partial charge is 0.161 e. The highest BCUT2D eigenvalue weighted by molar-refractivity contribution is 5.76. The zero-order chi connectivity index (χ0) is 28.1. The van der Waals surface area contributed by atoms with Crippen molar-refractivity contribution in [3.63, 3.8) is 0 Å². The predicted octanol–water partition coefficient (Wildman–Crippen LogP) is 6.85. The Bertz CT molecular complexity index is 1740. The average Bonchev–Trinajstić information content (AvgIpc) is 3.09. The molecule has 8 heteroatoms. The van der Waals surface area contributed by atoms with Crippen LogP contribution in [-0.4, -0.2) is 39.9 Å². The Hall–Kier alpha value is -6.02. The summed E-state index contributed by atoms with van der Waals surface area (Å²) in [6, 6.07) is 25.4. The predicted molar refractivity (Wildman–Crippen MR) is 161 cm³/mol. The second-order valence-electron chi connectivity index (χ2n) is 9.49. The third-order valence-electron chi connectivity index (χ3n) is 6.67. The van der Waals surface area contributed by atoms with Gasteiger partial charge in [-0.2, -0.15) is 0 Å². The second kappa shape index (κ2) is 11.2. The van der Waals surface area contributed by atoms with E-state index in [1.807, 2.05) is 78.9 Å². The quantitative estimate of drug-likeness (QED) is 0.225. The average molecular weight is 543 g/mol. The first-order valence-corrected chi connectivity index (χ1v) is 13.3. The molecule has 7 rings (SSSR count). The van der Waals surface area contributed by atoms with Crippen molar-refractivity contribution in [2.75, 3.05) is 0 Å². The molecule has 0 bridgehead atoms. The lowest BCUT2D eigenvalue weighted by Crippen LogP contribution is -1.98. The fraction of sp³-hybridized carbons (Fsp3) is 0. The number of rotatable bonds is 6. The molecule has 198 valence electrons. The van der Waals surface area contributed by atoms with Crippen LogP contribution in [0.25, 0.3) is 67.7 Å². The molecule has 7 aromatic rings. The van der Waals surface area contributed by atoms with Gasteiger partial charge in [0.25, 0.3) is 0 Å². The van der Waals surface area contributed by atoms with E-state index in [0.29, 0.717) is 17.2 Å². The summed E-state index contributed by atoms with van der Waals surface area (Å²) in [6.45, 7) is 0. The third kappa shape index (κ3) is 5.24. The maximum Gasteiger partial charge on any atom is 0.161 e. The minimum atomic E-state index is 0.527. The van der Waals surface area contributed by atoms with Crippen LogP contribution < -0.4 is 0 Å². The number of hydrogen-bond donors (Lipinski definition) is 0. The maximum absolute atomic E-state index is 4.98. The van der Waals surface area contributed by atoms with E-state index >= 15 is 0 Å². The van der Waals surface area contributed by atoms with Crippen LogP contribution in [0.15, 0.2) is 135 Å². The van der Waals surface area contributed by atoms with Crippen LogP contribution >= 0.6 is 0 Å². The minimum Gasteiger partial charge on any atom is -0.263 e. The molecule has 0 N–H and O–H groups in total. The fourth-order valence-corrected chi connectivity index (χ4v) is 4.62. The molecule has 0 saturated heterocycles. The van der Waals surface area contributed by atoms with Crippen molar-refractivity contribution in [2.45, 2.75) is 0 Å². The topological polar surface area (TPSA) is 103 Å². The lowest BCUT2D eigenvalue weighted by molar-refractivity contribution is 1.16. The number of aromatic nitrogens is 8. The van der Waals surface area contributed by atoms with Crippen LogP contribution in [-0.2, 0) is 0 Å². The monoisotopic (exact) mass is 542 g/mol. The van der Waals surface area contributed by atoms with Gasteiger partial charge in [-0.1, -0.05) is 18.2 Å². The third-order valence-corrected chi connectivity index (χ3v) is 6.67. The van der Waals surface area contributed by atoms with E-state index in [2.05, 4.69) is 29.9 Å². The van der Waals surface area contributed by atoms with Gasteiger partial charge < -0.3 is 0 Å². The van der Waals surface area contributed by atoms with Gasteiger partial charge in [-0.05, 0) is 60.7 Å². The Morgan fingerprint density at radius 1 is 0.333 bits per heavy atom. The molecule has 0 radical (unpaired) electrons. The van der Waals surface area contributed by atoms with Gasteiger partial charge in [0.15, 0.2) is 5.82 Å². The van der Waals surface area contributed by atoms with E-state index in [0.717, 1.165) is 50.5 Å². The number of pyridine rings is 6. The van der Waals surface area contributed by atoms with Crippen molar-refractivity contribution in [2.24, 2.45) is 0 Å². The minimum absolute atomic E-state index is 0.527. The van der Waals surface area contributed by atoms with Crippen molar-refractivity contribution in [1.82, 2.24) is 39.9 Å². The van der Waals surface area contributed by atoms with E-state index in [-0.39, 0.29) is 0 Å². The lowest BCUT2D eigenvalue weighted by Gasteiger charge is -2.11. The van der Waals surface area contributed by atoms with Gasteiger partial charge in [0.05, 0.1) is 28.5 Å². The van der Waals surface area contributed by atoms with Gasteiger partial charge in [-0.25, -0.2) is 9.97 Å². The van der Waals surface area contributed by atoms with Gasteiger partial charge in [-0.3, -0.25) is 29.9 Å². The molecule has 0 aliphatic rings. The van der Waals surface area contributed by atoms with Gasteiger partial charge >= 0.3 is 0 Å². The Kier molecular flexibility index (Phi) is 6.68. The molecule has 0 spiro atoms. The maximum atomic E-state index is 4.98. The first kappa shape index (κ1) is 25.0. The molecule has 0 fully saturated rings. The summed E-state index contributed by atoms with van der Waals surface area (Å²) in [5.74, 6) is 0.527. The summed E-state index contributed by atoms with van der Waals surface area (Å²) >= 11 is 0. The first-order valence-electron chi connectivity index (χ1n) is 13.3. The molecule has 0 saturated carbocycles. The van der Waals surface area contributed by atoms with Crippen molar-refractivity contribution >= 4 is 0 Å². The van der Waals surface area contributed by atoms with Crippen LogP contribution in [0.2, 0.25) is 0 Å². The summed E-state index contributed by atoms with van der Waals surface area (Å²) in [6.07, 6.45) is 16.1. The summed E-state index contributed by atoms with van der Waals surface area (Å²) in [5, 5.41) is 0. The van der Waals surface area contributed by atoms with Crippen molar-refractivity contribution < 1.29 is 0 Å². The molecule has 0 amide bonds. The Balaban J connectivity index is 1.38. The van der Waals surface area contributed by atoms with Crippen LogP contribution in [0.5, 0.6) is 0 Å². The van der Waals surface area contributed by atoms with E-state index in [1.165, 1.54) is 0 Å². The fourth-order valence-electron chi connectivity index (χ4n) is 4.62. The molecule has 7 aromatic heterocycles. The molecule has 0 unspecified atom stereocenters. The molecular formula is C34H22N8. The van der Waals surface area contributed by atoms with Crippen molar-refractivity contribution in [3.8, 4) is 67.7 Å². The normalized spacial score (nSPS) is 10.9. The van der Waals surface area contributed by atoms with Crippen LogP contribution in [0, 0.1) is 0 Å².